The van der Waals surface area contributed by atoms with Crippen molar-refractivity contribution in [1.82, 2.24) is 9.80 Å². The van der Waals surface area contributed by atoms with Crippen molar-refractivity contribution in [3.05, 3.63) is 0 Å². The van der Waals surface area contributed by atoms with Gasteiger partial charge in [-0.15, -0.1) is 0 Å². The molecule has 0 bridgehead atoms. The van der Waals surface area contributed by atoms with E-state index in [1.54, 1.807) is 0 Å². The van der Waals surface area contributed by atoms with E-state index >= 15 is 0 Å². The highest BCUT2D eigenvalue weighted by Gasteiger charge is 2.16. The zero-order valence-electron chi connectivity index (χ0n) is 8.62. The Labute approximate surface area is 78.8 Å². The minimum atomic E-state index is 0.229. The Hall–Kier alpha value is 0.780. The molecule has 0 aromatic carbocycles. The van der Waals surface area contributed by atoms with Crippen LogP contribution in [0.4, 0.5) is 0 Å². The van der Waals surface area contributed by atoms with Gasteiger partial charge in [0, 0.05) is 25.1 Å². The van der Waals surface area contributed by atoms with Crippen LogP contribution in [0.1, 0.15) is 0 Å². The molecule has 0 saturated carbocycles. The van der Waals surface area contributed by atoms with Gasteiger partial charge >= 0.3 is 0 Å². The van der Waals surface area contributed by atoms with Crippen LogP contribution >= 0.6 is 15.8 Å². The summed E-state index contributed by atoms with van der Waals surface area (Å²) in [5.74, 6) is 0. The van der Waals surface area contributed by atoms with Crippen molar-refractivity contribution < 1.29 is 0 Å². The largest absolute Gasteiger partial charge is 0.298 e. The molecule has 2 nitrogen and oxygen atoms in total. The molecular formula is C8H20N2P2. The molecule has 1 aliphatic heterocycles. The number of hydrogen-bond donors (Lipinski definition) is 0. The molecule has 0 unspecified atom stereocenters. The molecule has 0 aromatic heterocycles. The quantitative estimate of drug-likeness (QED) is 0.559. The highest BCUT2D eigenvalue weighted by Crippen LogP contribution is 2.40. The van der Waals surface area contributed by atoms with Gasteiger partial charge in [-0.3, -0.25) is 9.80 Å². The first kappa shape index (κ1) is 10.9. The van der Waals surface area contributed by atoms with Gasteiger partial charge in [0.15, 0.2) is 0 Å². The average Bonchev–Trinajstić information content (AvgIpc) is 1.81. The van der Waals surface area contributed by atoms with Crippen molar-refractivity contribution in [2.75, 3.05) is 52.6 Å². The fraction of sp³-hybridized carbons (Fsp3) is 1.00. The maximum atomic E-state index is 2.52. The zero-order chi connectivity index (χ0) is 9.14. The van der Waals surface area contributed by atoms with Gasteiger partial charge in [0.05, 0.1) is 0 Å². The summed E-state index contributed by atoms with van der Waals surface area (Å²) in [6.07, 6.45) is 5.30. The summed E-state index contributed by atoms with van der Waals surface area (Å²) in [6, 6.07) is 0. The summed E-state index contributed by atoms with van der Waals surface area (Å²) in [7, 11) is 4.99. The Balaban J connectivity index is 2.45. The lowest BCUT2D eigenvalue weighted by atomic mass is 11.0. The lowest BCUT2D eigenvalue weighted by Gasteiger charge is -2.33. The fourth-order valence-corrected chi connectivity index (χ4v) is 6.02. The summed E-state index contributed by atoms with van der Waals surface area (Å²) in [6.45, 7) is 4.82. The lowest BCUT2D eigenvalue weighted by Crippen LogP contribution is -2.29. The number of hydrogen-bond acceptors (Lipinski definition) is 2. The van der Waals surface area contributed by atoms with E-state index in [4.69, 9.17) is 0 Å². The lowest BCUT2D eigenvalue weighted by molar-refractivity contribution is 0.416. The first-order chi connectivity index (χ1) is 5.58. The first-order valence-electron chi connectivity index (χ1n) is 4.32. The van der Waals surface area contributed by atoms with Gasteiger partial charge in [-0.05, 0) is 27.4 Å². The van der Waals surface area contributed by atoms with Gasteiger partial charge in [-0.25, -0.2) is 0 Å². The first-order valence-corrected chi connectivity index (χ1v) is 8.64. The summed E-state index contributed by atoms with van der Waals surface area (Å²) in [5.41, 5.74) is 0. The van der Waals surface area contributed by atoms with Gasteiger partial charge in [0.2, 0.25) is 0 Å². The van der Waals surface area contributed by atoms with E-state index in [0.29, 0.717) is 0 Å². The van der Waals surface area contributed by atoms with Crippen molar-refractivity contribution in [3.63, 3.8) is 0 Å². The molecule has 0 N–H and O–H groups in total. The third-order valence-electron chi connectivity index (χ3n) is 1.93. The monoisotopic (exact) mass is 206 g/mol. The smallest absolute Gasteiger partial charge is 0.0193 e. The van der Waals surface area contributed by atoms with E-state index in [1.807, 2.05) is 0 Å². The second kappa shape index (κ2) is 4.86. The van der Waals surface area contributed by atoms with Crippen molar-refractivity contribution in [2.24, 2.45) is 0 Å². The highest BCUT2D eigenvalue weighted by atomic mass is 31.1. The van der Waals surface area contributed by atoms with E-state index in [0.717, 1.165) is 0 Å². The molecule has 0 atom stereocenters. The van der Waals surface area contributed by atoms with Gasteiger partial charge in [0.1, 0.15) is 0 Å². The van der Waals surface area contributed by atoms with Crippen LogP contribution in [0, 0.1) is 0 Å². The molecule has 0 aromatic rings. The molecule has 4 heteroatoms. The normalized spacial score (nSPS) is 36.0. The molecule has 0 aliphatic carbocycles. The second-order valence-electron chi connectivity index (χ2n) is 3.99. The Bertz CT molecular complexity index is 103. The number of nitrogens with zero attached hydrogens (tertiary/aromatic N) is 2. The predicted molar refractivity (Wildman–Crippen MR) is 60.7 cm³/mol. The van der Waals surface area contributed by atoms with Gasteiger partial charge < -0.3 is 0 Å². The van der Waals surface area contributed by atoms with E-state index < -0.39 is 0 Å². The third kappa shape index (κ3) is 3.66. The maximum Gasteiger partial charge on any atom is 0.0193 e. The van der Waals surface area contributed by atoms with Crippen LogP contribution in [0.5, 0.6) is 0 Å². The van der Waals surface area contributed by atoms with E-state index in [2.05, 4.69) is 37.2 Å². The molecular weight excluding hydrogens is 186 g/mol. The molecule has 0 amide bonds. The summed E-state index contributed by atoms with van der Waals surface area (Å²) >= 11 is 0. The number of rotatable bonds is 0. The van der Waals surface area contributed by atoms with Gasteiger partial charge in [-0.2, -0.15) is 0 Å². The highest BCUT2D eigenvalue weighted by molar-refractivity contribution is 7.58. The molecule has 1 heterocycles. The van der Waals surface area contributed by atoms with Crippen molar-refractivity contribution in [3.8, 4) is 0 Å². The zero-order valence-corrected chi connectivity index (χ0v) is 10.4. The van der Waals surface area contributed by atoms with Crippen LogP contribution < -0.4 is 0 Å². The molecule has 12 heavy (non-hydrogen) atoms. The van der Waals surface area contributed by atoms with Crippen molar-refractivity contribution >= 4 is 15.8 Å². The molecule has 72 valence electrons. The third-order valence-corrected chi connectivity index (χ3v) is 5.79. The van der Waals surface area contributed by atoms with Gasteiger partial charge in [-0.1, -0.05) is 15.8 Å². The second-order valence-corrected chi connectivity index (χ2v) is 8.55. The van der Waals surface area contributed by atoms with Crippen LogP contribution in [-0.4, -0.2) is 62.4 Å². The molecule has 0 radical (unpaired) electrons. The Morgan fingerprint density at radius 3 is 1.25 bits per heavy atom. The standard InChI is InChI=1S/C8H20N2P2/c1-9-5-11(3)7-10(2)8-12(4)6-9/h5-8H2,1-4H3. The molecule has 1 rings (SSSR count). The average molecular weight is 206 g/mol. The van der Waals surface area contributed by atoms with Crippen LogP contribution in [-0.2, 0) is 0 Å². The van der Waals surface area contributed by atoms with Crippen LogP contribution in [0.25, 0.3) is 0 Å². The topological polar surface area (TPSA) is 6.48 Å². The van der Waals surface area contributed by atoms with Crippen molar-refractivity contribution in [2.45, 2.75) is 0 Å². The molecule has 1 saturated heterocycles. The molecule has 1 aliphatic rings. The minimum absolute atomic E-state index is 0.229. The maximum absolute atomic E-state index is 2.52. The summed E-state index contributed by atoms with van der Waals surface area (Å²) < 4.78 is 0. The SMILES string of the molecule is CN1CP(C)CN(C)CP(C)C1. The Morgan fingerprint density at radius 1 is 0.750 bits per heavy atom. The van der Waals surface area contributed by atoms with Crippen LogP contribution in [0.2, 0.25) is 0 Å². The fourth-order valence-electron chi connectivity index (χ4n) is 1.83. The molecule has 0 spiro atoms. The van der Waals surface area contributed by atoms with E-state index in [1.165, 1.54) is 25.1 Å². The van der Waals surface area contributed by atoms with E-state index in [9.17, 15) is 0 Å². The van der Waals surface area contributed by atoms with Crippen LogP contribution in [0.3, 0.4) is 0 Å². The Morgan fingerprint density at radius 2 is 1.00 bits per heavy atom. The predicted octanol–water partition coefficient (Wildman–Crippen LogP) is 1.92. The Kier molecular flexibility index (Phi) is 4.40. The minimum Gasteiger partial charge on any atom is -0.298 e. The van der Waals surface area contributed by atoms with E-state index in [-0.39, 0.29) is 15.8 Å². The van der Waals surface area contributed by atoms with Crippen molar-refractivity contribution in [1.29, 1.82) is 0 Å². The summed E-state index contributed by atoms with van der Waals surface area (Å²) in [5, 5.41) is 0. The van der Waals surface area contributed by atoms with Crippen LogP contribution in [0.15, 0.2) is 0 Å². The molecule has 1 fully saturated rings. The van der Waals surface area contributed by atoms with Gasteiger partial charge in [0.25, 0.3) is 0 Å². The summed E-state index contributed by atoms with van der Waals surface area (Å²) in [4.78, 5) is 5.04.